The van der Waals surface area contributed by atoms with Crippen LogP contribution in [0.2, 0.25) is 5.02 Å². The molecule has 0 fully saturated rings. The molecule has 2 aromatic rings. The van der Waals surface area contributed by atoms with E-state index in [4.69, 9.17) is 17.3 Å². The zero-order chi connectivity index (χ0) is 14.5. The molecule has 3 N–H and O–H groups in total. The van der Waals surface area contributed by atoms with E-state index in [9.17, 15) is 4.79 Å². The van der Waals surface area contributed by atoms with E-state index in [0.29, 0.717) is 27.4 Å². The molecule has 2 aromatic heterocycles. The van der Waals surface area contributed by atoms with Gasteiger partial charge >= 0.3 is 0 Å². The molecule has 0 radical (unpaired) electrons. The van der Waals surface area contributed by atoms with Crippen LogP contribution in [-0.2, 0) is 12.2 Å². The normalized spacial score (nSPS) is 10.7. The van der Waals surface area contributed by atoms with E-state index in [1.54, 1.807) is 12.1 Å². The number of rotatable bonds is 5. The van der Waals surface area contributed by atoms with Gasteiger partial charge in [-0.25, -0.2) is 9.97 Å². The summed E-state index contributed by atoms with van der Waals surface area (Å²) in [6, 6.07) is 4.89. The fourth-order valence-electron chi connectivity index (χ4n) is 1.68. The van der Waals surface area contributed by atoms with Crippen LogP contribution in [0.3, 0.4) is 0 Å². The summed E-state index contributed by atoms with van der Waals surface area (Å²) < 4.78 is 0. The Labute approximate surface area is 126 Å². The number of aromatic amines is 1. The van der Waals surface area contributed by atoms with Crippen LogP contribution in [0.1, 0.15) is 24.7 Å². The van der Waals surface area contributed by atoms with Crippen molar-refractivity contribution in [1.29, 1.82) is 0 Å². The van der Waals surface area contributed by atoms with Crippen LogP contribution < -0.4 is 11.3 Å². The lowest BCUT2D eigenvalue weighted by Crippen LogP contribution is -2.10. The monoisotopic (exact) mass is 310 g/mol. The zero-order valence-electron chi connectivity index (χ0n) is 11.0. The highest BCUT2D eigenvalue weighted by Gasteiger charge is 2.06. The topological polar surface area (TPSA) is 84.7 Å². The zero-order valence-corrected chi connectivity index (χ0v) is 12.6. The first-order chi connectivity index (χ1) is 9.58. The Morgan fingerprint density at radius 3 is 2.95 bits per heavy atom. The summed E-state index contributed by atoms with van der Waals surface area (Å²) >= 11 is 7.43. The Kier molecular flexibility index (Phi) is 5.03. The molecule has 0 aliphatic heterocycles. The van der Waals surface area contributed by atoms with E-state index in [-0.39, 0.29) is 5.56 Å². The molecule has 20 heavy (non-hydrogen) atoms. The van der Waals surface area contributed by atoms with Gasteiger partial charge in [-0.05, 0) is 18.6 Å². The molecule has 0 saturated carbocycles. The van der Waals surface area contributed by atoms with Crippen molar-refractivity contribution >= 4 is 29.2 Å². The lowest BCUT2D eigenvalue weighted by atomic mass is 10.2. The van der Waals surface area contributed by atoms with Crippen molar-refractivity contribution in [2.45, 2.75) is 30.7 Å². The molecular formula is C13H15ClN4OS. The van der Waals surface area contributed by atoms with Crippen molar-refractivity contribution < 1.29 is 0 Å². The number of aryl methyl sites for hydroxylation is 1. The van der Waals surface area contributed by atoms with Gasteiger partial charge in [0.15, 0.2) is 5.16 Å². The van der Waals surface area contributed by atoms with Gasteiger partial charge in [-0.1, -0.05) is 36.7 Å². The molecule has 0 aromatic carbocycles. The van der Waals surface area contributed by atoms with Gasteiger partial charge in [-0.15, -0.1) is 0 Å². The minimum Gasteiger partial charge on any atom is -0.384 e. The van der Waals surface area contributed by atoms with Crippen LogP contribution in [0.5, 0.6) is 0 Å². The molecule has 5 nitrogen and oxygen atoms in total. The number of H-pyrrole nitrogens is 1. The van der Waals surface area contributed by atoms with E-state index in [0.717, 1.165) is 18.5 Å². The summed E-state index contributed by atoms with van der Waals surface area (Å²) in [6.07, 6.45) is 1.73. The number of nitrogens with two attached hydrogens (primary N) is 1. The molecule has 2 rings (SSSR count). The minimum absolute atomic E-state index is 0.141. The van der Waals surface area contributed by atoms with Crippen molar-refractivity contribution in [3.8, 4) is 0 Å². The average Bonchev–Trinajstić information content (AvgIpc) is 2.40. The molecule has 0 bridgehead atoms. The SMILES string of the molecule is CCCc1cc(=O)[nH]c(SCc2nc(N)ccc2Cl)n1. The third-order valence-electron chi connectivity index (χ3n) is 2.56. The highest BCUT2D eigenvalue weighted by atomic mass is 35.5. The molecular weight excluding hydrogens is 296 g/mol. The van der Waals surface area contributed by atoms with Gasteiger partial charge < -0.3 is 10.7 Å². The van der Waals surface area contributed by atoms with Gasteiger partial charge in [0.1, 0.15) is 5.82 Å². The van der Waals surface area contributed by atoms with E-state index in [1.807, 2.05) is 6.92 Å². The van der Waals surface area contributed by atoms with Crippen LogP contribution in [0.4, 0.5) is 5.82 Å². The maximum absolute atomic E-state index is 11.5. The van der Waals surface area contributed by atoms with E-state index >= 15 is 0 Å². The second-order valence-electron chi connectivity index (χ2n) is 4.25. The first kappa shape index (κ1) is 14.9. The maximum Gasteiger partial charge on any atom is 0.251 e. The maximum atomic E-state index is 11.5. The van der Waals surface area contributed by atoms with Gasteiger partial charge in [0.2, 0.25) is 0 Å². The number of halogens is 1. The molecule has 0 atom stereocenters. The van der Waals surface area contributed by atoms with Crippen LogP contribution >= 0.6 is 23.4 Å². The number of aromatic nitrogens is 3. The number of nitrogens with zero attached hydrogens (tertiary/aromatic N) is 2. The number of hydrogen-bond donors (Lipinski definition) is 2. The lowest BCUT2D eigenvalue weighted by molar-refractivity contribution is 0.815. The molecule has 0 amide bonds. The molecule has 0 saturated heterocycles. The Bertz CT molecular complexity index is 659. The third kappa shape index (κ3) is 3.98. The second kappa shape index (κ2) is 6.76. The summed E-state index contributed by atoms with van der Waals surface area (Å²) in [7, 11) is 0. The highest BCUT2D eigenvalue weighted by molar-refractivity contribution is 7.98. The number of thioether (sulfide) groups is 1. The van der Waals surface area contributed by atoms with Gasteiger partial charge in [0, 0.05) is 17.5 Å². The summed E-state index contributed by atoms with van der Waals surface area (Å²) in [5.41, 5.74) is 6.97. The fourth-order valence-corrected chi connectivity index (χ4v) is 2.77. The molecule has 0 spiro atoms. The van der Waals surface area contributed by atoms with Crippen molar-refractivity contribution in [1.82, 2.24) is 15.0 Å². The predicted octanol–water partition coefficient (Wildman–Crippen LogP) is 2.65. The van der Waals surface area contributed by atoms with Gasteiger partial charge in [0.05, 0.1) is 10.7 Å². The van der Waals surface area contributed by atoms with Crippen LogP contribution in [0.25, 0.3) is 0 Å². The van der Waals surface area contributed by atoms with Gasteiger partial charge in [-0.2, -0.15) is 0 Å². The van der Waals surface area contributed by atoms with Crippen molar-refractivity contribution in [3.63, 3.8) is 0 Å². The number of nitrogens with one attached hydrogen (secondary N) is 1. The fraction of sp³-hybridized carbons (Fsp3) is 0.308. The van der Waals surface area contributed by atoms with E-state index in [1.165, 1.54) is 17.8 Å². The molecule has 0 aliphatic carbocycles. The molecule has 106 valence electrons. The number of pyridine rings is 1. The molecule has 2 heterocycles. The van der Waals surface area contributed by atoms with Crippen LogP contribution in [-0.4, -0.2) is 15.0 Å². The predicted molar refractivity (Wildman–Crippen MR) is 82.1 cm³/mol. The summed E-state index contributed by atoms with van der Waals surface area (Å²) in [6.45, 7) is 2.05. The van der Waals surface area contributed by atoms with Gasteiger partial charge in [-0.3, -0.25) is 4.79 Å². The summed E-state index contributed by atoms with van der Waals surface area (Å²) in [5.74, 6) is 0.925. The first-order valence-corrected chi connectivity index (χ1v) is 7.58. The lowest BCUT2D eigenvalue weighted by Gasteiger charge is -2.05. The number of anilines is 1. The van der Waals surface area contributed by atoms with Crippen molar-refractivity contribution in [3.05, 3.63) is 45.0 Å². The smallest absolute Gasteiger partial charge is 0.251 e. The Morgan fingerprint density at radius 2 is 2.20 bits per heavy atom. The molecule has 7 heteroatoms. The second-order valence-corrected chi connectivity index (χ2v) is 5.62. The van der Waals surface area contributed by atoms with Gasteiger partial charge in [0.25, 0.3) is 5.56 Å². The van der Waals surface area contributed by atoms with E-state index < -0.39 is 0 Å². The Balaban J connectivity index is 2.14. The Hall–Kier alpha value is -1.53. The molecule has 0 unspecified atom stereocenters. The standard InChI is InChI=1S/C13H15ClN4OS/c1-2-3-8-6-12(19)18-13(16-8)20-7-10-9(14)4-5-11(15)17-10/h4-6H,2-3,7H2,1H3,(H2,15,17)(H,16,18,19). The quantitative estimate of drug-likeness (QED) is 0.655. The van der Waals surface area contributed by atoms with Crippen LogP contribution in [0, 0.1) is 0 Å². The summed E-state index contributed by atoms with van der Waals surface area (Å²) in [4.78, 5) is 22.8. The van der Waals surface area contributed by atoms with Crippen molar-refractivity contribution in [2.75, 3.05) is 5.73 Å². The Morgan fingerprint density at radius 1 is 1.40 bits per heavy atom. The first-order valence-electron chi connectivity index (χ1n) is 6.22. The largest absolute Gasteiger partial charge is 0.384 e. The van der Waals surface area contributed by atoms with E-state index in [2.05, 4.69) is 15.0 Å². The summed E-state index contributed by atoms with van der Waals surface area (Å²) in [5, 5.41) is 1.13. The minimum atomic E-state index is -0.141. The van der Waals surface area contributed by atoms with Crippen molar-refractivity contribution in [2.24, 2.45) is 0 Å². The number of hydrogen-bond acceptors (Lipinski definition) is 5. The highest BCUT2D eigenvalue weighted by Crippen LogP contribution is 2.23. The number of nitrogen functional groups attached to an aromatic ring is 1. The third-order valence-corrected chi connectivity index (χ3v) is 3.79. The molecule has 0 aliphatic rings. The van der Waals surface area contributed by atoms with Crippen LogP contribution in [0.15, 0.2) is 28.2 Å². The average molecular weight is 311 g/mol.